The summed E-state index contributed by atoms with van der Waals surface area (Å²) in [7, 11) is 0. The highest BCUT2D eigenvalue weighted by Crippen LogP contribution is 2.32. The number of oxime groups is 1. The first-order chi connectivity index (χ1) is 12.1. The summed E-state index contributed by atoms with van der Waals surface area (Å²) in [6.07, 6.45) is 1.50. The number of ether oxygens (including phenoxy) is 1. The van der Waals surface area contributed by atoms with Crippen molar-refractivity contribution in [2.24, 2.45) is 11.1 Å². The SMILES string of the molecule is CCN1C(=O)COc2ccc(C(=NO)NC(=O)C3CCNCC3)cc21. The molecule has 3 N–H and O–H groups in total. The molecule has 1 aromatic carbocycles. The quantitative estimate of drug-likeness (QED) is 0.323. The molecule has 2 aliphatic heterocycles. The summed E-state index contributed by atoms with van der Waals surface area (Å²) in [4.78, 5) is 26.0. The lowest BCUT2D eigenvalue weighted by Gasteiger charge is -2.29. The van der Waals surface area contributed by atoms with E-state index in [0.29, 0.717) is 23.5 Å². The van der Waals surface area contributed by atoms with E-state index < -0.39 is 0 Å². The number of likely N-dealkylation sites (N-methyl/N-ethyl adjacent to an activating group) is 1. The van der Waals surface area contributed by atoms with E-state index in [1.807, 2.05) is 6.92 Å². The van der Waals surface area contributed by atoms with Crippen LogP contribution < -0.4 is 20.3 Å². The van der Waals surface area contributed by atoms with Gasteiger partial charge in [0.05, 0.1) is 5.69 Å². The number of nitrogens with one attached hydrogen (secondary N) is 2. The van der Waals surface area contributed by atoms with Crippen LogP contribution >= 0.6 is 0 Å². The zero-order valence-corrected chi connectivity index (χ0v) is 14.1. The van der Waals surface area contributed by atoms with Gasteiger partial charge in [0.2, 0.25) is 5.91 Å². The molecule has 134 valence electrons. The van der Waals surface area contributed by atoms with Crippen molar-refractivity contribution in [3.63, 3.8) is 0 Å². The molecule has 25 heavy (non-hydrogen) atoms. The minimum Gasteiger partial charge on any atom is -0.482 e. The molecule has 3 rings (SSSR count). The van der Waals surface area contributed by atoms with E-state index in [1.54, 1.807) is 23.1 Å². The van der Waals surface area contributed by atoms with Crippen molar-refractivity contribution in [2.45, 2.75) is 19.8 Å². The molecule has 8 heteroatoms. The Morgan fingerprint density at radius 2 is 2.20 bits per heavy atom. The largest absolute Gasteiger partial charge is 0.482 e. The lowest BCUT2D eigenvalue weighted by Crippen LogP contribution is -2.41. The van der Waals surface area contributed by atoms with Crippen LogP contribution in [0.3, 0.4) is 0 Å². The van der Waals surface area contributed by atoms with Crippen molar-refractivity contribution in [2.75, 3.05) is 31.1 Å². The van der Waals surface area contributed by atoms with Crippen LogP contribution in [-0.2, 0) is 9.59 Å². The summed E-state index contributed by atoms with van der Waals surface area (Å²) in [6, 6.07) is 5.09. The number of carbonyl (C=O) groups excluding carboxylic acids is 2. The monoisotopic (exact) mass is 346 g/mol. The maximum absolute atomic E-state index is 12.4. The van der Waals surface area contributed by atoms with E-state index in [9.17, 15) is 14.8 Å². The summed E-state index contributed by atoms with van der Waals surface area (Å²) in [6.45, 7) is 3.99. The molecule has 0 aromatic heterocycles. The molecule has 0 atom stereocenters. The van der Waals surface area contributed by atoms with Crippen molar-refractivity contribution < 1.29 is 19.5 Å². The molecule has 0 unspecified atom stereocenters. The Labute approximate surface area is 145 Å². The summed E-state index contributed by atoms with van der Waals surface area (Å²) in [5.41, 5.74) is 1.12. The van der Waals surface area contributed by atoms with Crippen molar-refractivity contribution >= 4 is 23.3 Å². The first-order valence-corrected chi connectivity index (χ1v) is 8.45. The van der Waals surface area contributed by atoms with Crippen LogP contribution in [-0.4, -0.2) is 49.1 Å². The minimum absolute atomic E-state index is 0.00752. The average molecular weight is 346 g/mol. The van der Waals surface area contributed by atoms with Crippen molar-refractivity contribution in [1.82, 2.24) is 10.6 Å². The Balaban J connectivity index is 1.81. The Bertz CT molecular complexity index is 698. The van der Waals surface area contributed by atoms with Crippen LogP contribution in [0.15, 0.2) is 23.4 Å². The maximum Gasteiger partial charge on any atom is 0.265 e. The number of anilines is 1. The highest BCUT2D eigenvalue weighted by molar-refractivity contribution is 6.09. The topological polar surface area (TPSA) is 103 Å². The fourth-order valence-electron chi connectivity index (χ4n) is 3.15. The van der Waals surface area contributed by atoms with Gasteiger partial charge in [-0.1, -0.05) is 5.16 Å². The van der Waals surface area contributed by atoms with E-state index in [2.05, 4.69) is 15.8 Å². The number of benzene rings is 1. The van der Waals surface area contributed by atoms with Gasteiger partial charge in [-0.05, 0) is 51.1 Å². The van der Waals surface area contributed by atoms with Gasteiger partial charge in [0, 0.05) is 18.0 Å². The van der Waals surface area contributed by atoms with Gasteiger partial charge in [0.25, 0.3) is 5.91 Å². The van der Waals surface area contributed by atoms with Gasteiger partial charge in [0.1, 0.15) is 5.75 Å². The zero-order chi connectivity index (χ0) is 17.8. The van der Waals surface area contributed by atoms with E-state index in [4.69, 9.17) is 4.74 Å². The second-order valence-electron chi connectivity index (χ2n) is 6.07. The van der Waals surface area contributed by atoms with Crippen LogP contribution in [0.4, 0.5) is 5.69 Å². The number of fused-ring (bicyclic) bond motifs is 1. The Hall–Kier alpha value is -2.61. The smallest absolute Gasteiger partial charge is 0.265 e. The third kappa shape index (κ3) is 3.58. The van der Waals surface area contributed by atoms with Gasteiger partial charge < -0.3 is 25.5 Å². The Kier molecular flexibility index (Phi) is 5.18. The fourth-order valence-corrected chi connectivity index (χ4v) is 3.15. The van der Waals surface area contributed by atoms with Gasteiger partial charge in [0.15, 0.2) is 12.4 Å². The predicted molar refractivity (Wildman–Crippen MR) is 92.0 cm³/mol. The molecule has 2 heterocycles. The number of amidine groups is 1. The molecule has 0 aliphatic carbocycles. The molecule has 1 fully saturated rings. The van der Waals surface area contributed by atoms with Crippen LogP contribution in [0.25, 0.3) is 0 Å². The van der Waals surface area contributed by atoms with E-state index in [0.717, 1.165) is 25.9 Å². The molecule has 0 bridgehead atoms. The lowest BCUT2D eigenvalue weighted by molar-refractivity contribution is -0.124. The van der Waals surface area contributed by atoms with Crippen LogP contribution in [0.1, 0.15) is 25.3 Å². The Morgan fingerprint density at radius 3 is 2.88 bits per heavy atom. The fraction of sp³-hybridized carbons (Fsp3) is 0.471. The Morgan fingerprint density at radius 1 is 1.44 bits per heavy atom. The van der Waals surface area contributed by atoms with Crippen molar-refractivity contribution in [3.05, 3.63) is 23.8 Å². The van der Waals surface area contributed by atoms with E-state index >= 15 is 0 Å². The van der Waals surface area contributed by atoms with Crippen molar-refractivity contribution in [1.29, 1.82) is 0 Å². The predicted octanol–water partition coefficient (Wildman–Crippen LogP) is 0.684. The highest BCUT2D eigenvalue weighted by Gasteiger charge is 2.26. The number of hydrogen-bond donors (Lipinski definition) is 3. The normalized spacial score (nSPS) is 18.5. The molecule has 2 amide bonds. The van der Waals surface area contributed by atoms with Crippen LogP contribution in [0, 0.1) is 5.92 Å². The number of piperidine rings is 1. The van der Waals surface area contributed by atoms with E-state index in [-0.39, 0.29) is 30.2 Å². The first kappa shape index (κ1) is 17.2. The van der Waals surface area contributed by atoms with Crippen LogP contribution in [0.5, 0.6) is 5.75 Å². The summed E-state index contributed by atoms with van der Waals surface area (Å²) < 4.78 is 5.42. The molecule has 8 nitrogen and oxygen atoms in total. The van der Waals surface area contributed by atoms with Gasteiger partial charge in [-0.25, -0.2) is 0 Å². The lowest BCUT2D eigenvalue weighted by atomic mass is 9.97. The molecule has 0 spiro atoms. The molecule has 1 saturated heterocycles. The second-order valence-corrected chi connectivity index (χ2v) is 6.07. The minimum atomic E-state index is -0.160. The maximum atomic E-state index is 12.4. The summed E-state index contributed by atoms with van der Waals surface area (Å²) >= 11 is 0. The van der Waals surface area contributed by atoms with Gasteiger partial charge >= 0.3 is 0 Å². The molecule has 0 radical (unpaired) electrons. The molecular weight excluding hydrogens is 324 g/mol. The van der Waals surface area contributed by atoms with Gasteiger partial charge in [-0.15, -0.1) is 0 Å². The zero-order valence-electron chi connectivity index (χ0n) is 14.1. The number of rotatable bonds is 3. The first-order valence-electron chi connectivity index (χ1n) is 8.45. The number of amides is 2. The van der Waals surface area contributed by atoms with Gasteiger partial charge in [-0.2, -0.15) is 0 Å². The van der Waals surface area contributed by atoms with Gasteiger partial charge in [-0.3, -0.25) is 9.59 Å². The summed E-state index contributed by atoms with van der Waals surface area (Å²) in [5.74, 6) is 0.264. The number of carbonyl (C=O) groups is 2. The molecular formula is C17H22N4O4. The second kappa shape index (κ2) is 7.52. The third-order valence-corrected chi connectivity index (χ3v) is 4.54. The van der Waals surface area contributed by atoms with E-state index in [1.165, 1.54) is 0 Å². The molecule has 2 aliphatic rings. The van der Waals surface area contributed by atoms with Crippen LogP contribution in [0.2, 0.25) is 0 Å². The molecule has 1 aromatic rings. The average Bonchev–Trinajstić information content (AvgIpc) is 2.66. The van der Waals surface area contributed by atoms with Crippen molar-refractivity contribution in [3.8, 4) is 5.75 Å². The molecule has 0 saturated carbocycles. The number of nitrogens with zero attached hydrogens (tertiary/aromatic N) is 2. The standard InChI is InChI=1S/C17H22N4O4/c1-2-21-13-9-12(3-4-14(13)25-10-15(21)22)16(20-24)19-17(23)11-5-7-18-8-6-11/h3-4,9,11,18,24H,2,5-8,10H2,1H3,(H,19,20,23). The highest BCUT2D eigenvalue weighted by atomic mass is 16.5. The number of hydrogen-bond acceptors (Lipinski definition) is 6. The third-order valence-electron chi connectivity index (χ3n) is 4.54. The summed E-state index contributed by atoms with van der Waals surface area (Å²) in [5, 5.41) is 18.5.